The molecule has 0 bridgehead atoms. The molecular formula is C30H34N4S. The van der Waals surface area contributed by atoms with Gasteiger partial charge in [0, 0.05) is 34.6 Å². The topological polar surface area (TPSA) is 34.0 Å². The van der Waals surface area contributed by atoms with E-state index in [0.29, 0.717) is 6.04 Å². The zero-order chi connectivity index (χ0) is 22.9. The maximum absolute atomic E-state index is 4.98. The molecule has 1 aromatic carbocycles. The molecule has 4 heterocycles. The number of benzene rings is 1. The molecule has 4 nitrogen and oxygen atoms in total. The molecule has 0 radical (unpaired) electrons. The quantitative estimate of drug-likeness (QED) is 0.297. The first-order valence-corrected chi connectivity index (χ1v) is 14.9. The third kappa shape index (κ3) is 3.09. The molecule has 5 heteroatoms. The lowest BCUT2D eigenvalue weighted by Gasteiger charge is -2.41. The number of thiophene rings is 1. The summed E-state index contributed by atoms with van der Waals surface area (Å²) >= 11 is 1.93. The van der Waals surface area contributed by atoms with Gasteiger partial charge in [0.25, 0.3) is 0 Å². The summed E-state index contributed by atoms with van der Waals surface area (Å²) in [5.41, 5.74) is 7.86. The van der Waals surface area contributed by atoms with Crippen LogP contribution in [0.1, 0.15) is 97.0 Å². The second-order valence-corrected chi connectivity index (χ2v) is 12.4. The molecule has 8 rings (SSSR count). The zero-order valence-corrected chi connectivity index (χ0v) is 21.4. The lowest BCUT2D eigenvalue weighted by atomic mass is 9.83. The molecule has 4 aromatic rings. The van der Waals surface area contributed by atoms with E-state index in [9.17, 15) is 0 Å². The van der Waals surface area contributed by atoms with Crippen LogP contribution in [0.25, 0.3) is 21.1 Å². The smallest absolute Gasteiger partial charge is 0.141 e. The number of aryl methyl sites for hydroxylation is 3. The fraction of sp³-hybridized carbons (Fsp3) is 0.533. The van der Waals surface area contributed by atoms with Gasteiger partial charge in [-0.15, -0.1) is 11.3 Å². The standard InChI is InChI=1S/C30H34N4S/c1-2-7-19(8-3-1)20-13-14-24-23(17-20)21-10-6-11-25-28(21)33(24)15-16-34(25)29-27-22-9-4-5-12-26(22)35-30(27)32-18-31-29/h13-14,17-19,25H,1-12,15-16H2/t25-/m1/s1. The maximum atomic E-state index is 4.98. The normalized spacial score (nSPS) is 22.5. The van der Waals surface area contributed by atoms with Crippen LogP contribution in [0.4, 0.5) is 5.82 Å². The summed E-state index contributed by atoms with van der Waals surface area (Å²) in [6.45, 7) is 2.10. The molecule has 1 atom stereocenters. The molecule has 1 aliphatic heterocycles. The van der Waals surface area contributed by atoms with Gasteiger partial charge in [0.1, 0.15) is 17.0 Å². The van der Waals surface area contributed by atoms with E-state index in [1.807, 2.05) is 17.7 Å². The number of fused-ring (bicyclic) bond motifs is 6. The molecular weight excluding hydrogens is 448 g/mol. The van der Waals surface area contributed by atoms with Gasteiger partial charge in [-0.1, -0.05) is 25.3 Å². The van der Waals surface area contributed by atoms with Crippen LogP contribution in [0, 0.1) is 0 Å². The van der Waals surface area contributed by atoms with Crippen LogP contribution in [0.15, 0.2) is 24.5 Å². The largest absolute Gasteiger partial charge is 0.346 e. The minimum absolute atomic E-state index is 0.440. The van der Waals surface area contributed by atoms with Crippen molar-refractivity contribution in [1.82, 2.24) is 14.5 Å². The first kappa shape index (κ1) is 20.8. The summed E-state index contributed by atoms with van der Waals surface area (Å²) in [6, 6.07) is 7.95. The van der Waals surface area contributed by atoms with Crippen molar-refractivity contribution in [2.24, 2.45) is 0 Å². The van der Waals surface area contributed by atoms with Crippen LogP contribution in [-0.2, 0) is 25.8 Å². The van der Waals surface area contributed by atoms with E-state index in [1.54, 1.807) is 32.6 Å². The van der Waals surface area contributed by atoms with Gasteiger partial charge in [-0.05, 0) is 92.5 Å². The molecule has 0 unspecified atom stereocenters. The average Bonchev–Trinajstić information content (AvgIpc) is 3.46. The maximum Gasteiger partial charge on any atom is 0.141 e. The van der Waals surface area contributed by atoms with Crippen molar-refractivity contribution < 1.29 is 0 Å². The van der Waals surface area contributed by atoms with Crippen LogP contribution >= 0.6 is 11.3 Å². The van der Waals surface area contributed by atoms with E-state index in [-0.39, 0.29) is 0 Å². The monoisotopic (exact) mass is 482 g/mol. The zero-order valence-electron chi connectivity index (χ0n) is 20.6. The van der Waals surface area contributed by atoms with E-state index >= 15 is 0 Å². The van der Waals surface area contributed by atoms with Gasteiger partial charge in [0.2, 0.25) is 0 Å². The molecule has 1 fully saturated rings. The Morgan fingerprint density at radius 2 is 1.71 bits per heavy atom. The average molecular weight is 483 g/mol. The van der Waals surface area contributed by atoms with E-state index in [4.69, 9.17) is 9.97 Å². The first-order valence-electron chi connectivity index (χ1n) is 14.0. The summed E-state index contributed by atoms with van der Waals surface area (Å²) in [6.07, 6.45) is 17.6. The number of rotatable bonds is 2. The highest BCUT2D eigenvalue weighted by Gasteiger charge is 2.37. The van der Waals surface area contributed by atoms with E-state index in [1.165, 1.54) is 98.6 Å². The van der Waals surface area contributed by atoms with Crippen molar-refractivity contribution in [2.45, 2.75) is 95.6 Å². The number of anilines is 1. The number of hydrogen-bond donors (Lipinski definition) is 0. The van der Waals surface area contributed by atoms with Gasteiger partial charge in [0.15, 0.2) is 0 Å². The Kier molecular flexibility index (Phi) is 4.78. The van der Waals surface area contributed by atoms with Crippen molar-refractivity contribution in [3.05, 3.63) is 51.8 Å². The Hall–Kier alpha value is -2.40. The summed E-state index contributed by atoms with van der Waals surface area (Å²) < 4.78 is 2.68. The van der Waals surface area contributed by atoms with Gasteiger partial charge >= 0.3 is 0 Å². The summed E-state index contributed by atoms with van der Waals surface area (Å²) in [5, 5.41) is 2.93. The third-order valence-corrected chi connectivity index (χ3v) is 10.7. The first-order chi connectivity index (χ1) is 17.4. The summed E-state index contributed by atoms with van der Waals surface area (Å²) in [5.74, 6) is 1.99. The second-order valence-electron chi connectivity index (χ2n) is 11.3. The van der Waals surface area contributed by atoms with Crippen LogP contribution < -0.4 is 4.90 Å². The highest BCUT2D eigenvalue weighted by Crippen LogP contribution is 2.47. The Labute approximate surface area is 211 Å². The predicted molar refractivity (Wildman–Crippen MR) is 145 cm³/mol. The SMILES string of the molecule is c1nc(N2CCn3c4c(c5cc(C6CCCCC6)ccc53)CCC[C@H]42)c2c3c(sc2n1)CCCC3. The molecule has 3 aromatic heterocycles. The summed E-state index contributed by atoms with van der Waals surface area (Å²) in [4.78, 5) is 15.2. The number of nitrogens with zero attached hydrogens (tertiary/aromatic N) is 4. The Morgan fingerprint density at radius 3 is 2.66 bits per heavy atom. The van der Waals surface area contributed by atoms with Crippen molar-refractivity contribution in [3.63, 3.8) is 0 Å². The Bertz CT molecular complexity index is 1440. The highest BCUT2D eigenvalue weighted by atomic mass is 32.1. The van der Waals surface area contributed by atoms with Crippen LogP contribution in [0.5, 0.6) is 0 Å². The summed E-state index contributed by atoms with van der Waals surface area (Å²) in [7, 11) is 0. The van der Waals surface area contributed by atoms with Gasteiger partial charge in [-0.2, -0.15) is 0 Å². The predicted octanol–water partition coefficient (Wildman–Crippen LogP) is 7.47. The van der Waals surface area contributed by atoms with E-state index in [0.717, 1.165) is 19.0 Å². The minimum atomic E-state index is 0.440. The fourth-order valence-corrected chi connectivity index (χ4v) is 9.08. The lowest BCUT2D eigenvalue weighted by molar-refractivity contribution is 0.435. The van der Waals surface area contributed by atoms with Crippen LogP contribution in [0.3, 0.4) is 0 Å². The molecule has 0 N–H and O–H groups in total. The second kappa shape index (κ2) is 8.06. The van der Waals surface area contributed by atoms with Crippen LogP contribution in [0.2, 0.25) is 0 Å². The molecule has 0 saturated heterocycles. The van der Waals surface area contributed by atoms with Crippen molar-refractivity contribution in [2.75, 3.05) is 11.4 Å². The molecule has 0 amide bonds. The Morgan fingerprint density at radius 1 is 0.829 bits per heavy atom. The van der Waals surface area contributed by atoms with Gasteiger partial charge in [-0.3, -0.25) is 0 Å². The molecule has 0 spiro atoms. The van der Waals surface area contributed by atoms with Gasteiger partial charge in [-0.25, -0.2) is 9.97 Å². The third-order valence-electron chi connectivity index (χ3n) is 9.48. The van der Waals surface area contributed by atoms with Crippen molar-refractivity contribution in [1.29, 1.82) is 0 Å². The number of hydrogen-bond acceptors (Lipinski definition) is 4. The van der Waals surface area contributed by atoms with E-state index in [2.05, 4.69) is 27.7 Å². The highest BCUT2D eigenvalue weighted by molar-refractivity contribution is 7.19. The molecule has 180 valence electrons. The molecule has 1 saturated carbocycles. The number of aromatic nitrogens is 3. The molecule has 35 heavy (non-hydrogen) atoms. The molecule has 3 aliphatic carbocycles. The van der Waals surface area contributed by atoms with Gasteiger partial charge in [0.05, 0.1) is 11.4 Å². The lowest BCUT2D eigenvalue weighted by Crippen LogP contribution is -2.40. The minimum Gasteiger partial charge on any atom is -0.346 e. The fourth-order valence-electron chi connectivity index (χ4n) is 7.86. The van der Waals surface area contributed by atoms with Crippen LogP contribution in [-0.4, -0.2) is 21.1 Å². The Balaban J connectivity index is 1.25. The van der Waals surface area contributed by atoms with Gasteiger partial charge < -0.3 is 9.47 Å². The van der Waals surface area contributed by atoms with Crippen molar-refractivity contribution >= 4 is 38.3 Å². The van der Waals surface area contributed by atoms with E-state index < -0.39 is 0 Å². The molecule has 4 aliphatic rings. The van der Waals surface area contributed by atoms with Crippen molar-refractivity contribution in [3.8, 4) is 0 Å².